The number of amides is 1. The van der Waals surface area contributed by atoms with Crippen molar-refractivity contribution in [3.8, 4) is 0 Å². The van der Waals surface area contributed by atoms with E-state index in [0.29, 0.717) is 10.7 Å². The van der Waals surface area contributed by atoms with Crippen LogP contribution in [0.3, 0.4) is 0 Å². The molecule has 3 rings (SSSR count). The number of anilines is 1. The molecule has 1 aromatic rings. The number of hydrogen-bond donors (Lipinski definition) is 2. The highest BCUT2D eigenvalue weighted by atomic mass is 35.5. The van der Waals surface area contributed by atoms with Crippen LogP contribution in [-0.2, 0) is 9.59 Å². The number of benzene rings is 1. The maximum Gasteiger partial charge on any atom is 0.307 e. The summed E-state index contributed by atoms with van der Waals surface area (Å²) in [7, 11) is 0. The van der Waals surface area contributed by atoms with Crippen LogP contribution >= 0.6 is 11.6 Å². The Morgan fingerprint density at radius 1 is 1.20 bits per heavy atom. The van der Waals surface area contributed by atoms with Crippen LogP contribution in [0.15, 0.2) is 24.3 Å². The van der Waals surface area contributed by atoms with Gasteiger partial charge >= 0.3 is 5.97 Å². The topological polar surface area (TPSA) is 66.4 Å². The summed E-state index contributed by atoms with van der Waals surface area (Å²) in [6.07, 6.45) is 2.76. The second kappa shape index (κ2) is 5.09. The third-order valence-corrected chi connectivity index (χ3v) is 4.83. The van der Waals surface area contributed by atoms with Gasteiger partial charge in [0, 0.05) is 10.7 Å². The lowest BCUT2D eigenvalue weighted by molar-refractivity contribution is -0.148. The summed E-state index contributed by atoms with van der Waals surface area (Å²) in [5.74, 6) is -1.61. The van der Waals surface area contributed by atoms with Gasteiger partial charge in [-0.1, -0.05) is 17.7 Å². The molecule has 1 aromatic carbocycles. The number of carboxylic acids is 1. The summed E-state index contributed by atoms with van der Waals surface area (Å²) in [4.78, 5) is 23.8. The van der Waals surface area contributed by atoms with Gasteiger partial charge in [0.25, 0.3) is 0 Å². The number of fused-ring (bicyclic) bond motifs is 2. The molecule has 2 bridgehead atoms. The predicted octanol–water partition coefficient (Wildman–Crippen LogP) is 3.03. The van der Waals surface area contributed by atoms with Crippen LogP contribution in [0, 0.1) is 23.7 Å². The molecule has 2 saturated carbocycles. The molecule has 0 spiro atoms. The van der Waals surface area contributed by atoms with E-state index in [2.05, 4.69) is 5.32 Å². The van der Waals surface area contributed by atoms with Crippen molar-refractivity contribution in [3.63, 3.8) is 0 Å². The van der Waals surface area contributed by atoms with E-state index in [1.807, 2.05) is 0 Å². The van der Waals surface area contributed by atoms with Gasteiger partial charge in [-0.2, -0.15) is 0 Å². The van der Waals surface area contributed by atoms with Crippen LogP contribution in [0.2, 0.25) is 5.02 Å². The van der Waals surface area contributed by atoms with Crippen molar-refractivity contribution >= 4 is 29.2 Å². The van der Waals surface area contributed by atoms with E-state index in [1.165, 1.54) is 0 Å². The summed E-state index contributed by atoms with van der Waals surface area (Å²) < 4.78 is 0. The highest BCUT2D eigenvalue weighted by Gasteiger charge is 2.53. The van der Waals surface area contributed by atoms with Crippen LogP contribution in [0.4, 0.5) is 5.69 Å². The van der Waals surface area contributed by atoms with Gasteiger partial charge in [0.15, 0.2) is 0 Å². The van der Waals surface area contributed by atoms with Gasteiger partial charge in [0.2, 0.25) is 5.91 Å². The smallest absolute Gasteiger partial charge is 0.307 e. The van der Waals surface area contributed by atoms with Crippen molar-refractivity contribution in [2.45, 2.75) is 19.3 Å². The number of rotatable bonds is 3. The Morgan fingerprint density at radius 3 is 2.55 bits per heavy atom. The summed E-state index contributed by atoms with van der Waals surface area (Å²) >= 11 is 5.88. The molecule has 2 fully saturated rings. The number of halogens is 1. The molecule has 5 heteroatoms. The quantitative estimate of drug-likeness (QED) is 0.900. The Kier molecular flexibility index (Phi) is 3.42. The van der Waals surface area contributed by atoms with Crippen molar-refractivity contribution in [1.82, 2.24) is 0 Å². The Balaban J connectivity index is 1.78. The molecular weight excluding hydrogens is 278 g/mol. The number of carbonyl (C=O) groups is 2. The van der Waals surface area contributed by atoms with Gasteiger partial charge in [-0.15, -0.1) is 0 Å². The van der Waals surface area contributed by atoms with Gasteiger partial charge in [-0.3, -0.25) is 9.59 Å². The molecule has 106 valence electrons. The third-order valence-electron chi connectivity index (χ3n) is 4.60. The lowest BCUT2D eigenvalue weighted by atomic mass is 9.78. The van der Waals surface area contributed by atoms with Crippen molar-refractivity contribution in [3.05, 3.63) is 29.3 Å². The van der Waals surface area contributed by atoms with Gasteiger partial charge in [0.1, 0.15) is 0 Å². The highest BCUT2D eigenvalue weighted by molar-refractivity contribution is 6.30. The normalized spacial score (nSPS) is 31.2. The maximum atomic E-state index is 12.4. The first kappa shape index (κ1) is 13.4. The minimum Gasteiger partial charge on any atom is -0.481 e. The van der Waals surface area contributed by atoms with Crippen LogP contribution < -0.4 is 5.32 Å². The van der Waals surface area contributed by atoms with Crippen molar-refractivity contribution in [1.29, 1.82) is 0 Å². The zero-order valence-corrected chi connectivity index (χ0v) is 11.6. The van der Waals surface area contributed by atoms with Gasteiger partial charge < -0.3 is 10.4 Å². The molecule has 2 N–H and O–H groups in total. The van der Waals surface area contributed by atoms with E-state index < -0.39 is 17.8 Å². The van der Waals surface area contributed by atoms with Gasteiger partial charge in [-0.05, 0) is 49.3 Å². The summed E-state index contributed by atoms with van der Waals surface area (Å²) in [6, 6.07) is 6.91. The molecule has 20 heavy (non-hydrogen) atoms. The zero-order chi connectivity index (χ0) is 14.3. The lowest BCUT2D eigenvalue weighted by Crippen LogP contribution is -2.37. The highest BCUT2D eigenvalue weighted by Crippen LogP contribution is 2.52. The third kappa shape index (κ3) is 2.29. The molecule has 0 aliphatic heterocycles. The van der Waals surface area contributed by atoms with Crippen molar-refractivity contribution < 1.29 is 14.7 Å². The van der Waals surface area contributed by atoms with E-state index in [1.54, 1.807) is 24.3 Å². The minimum absolute atomic E-state index is 0.160. The van der Waals surface area contributed by atoms with Crippen LogP contribution in [-0.4, -0.2) is 17.0 Å². The second-order valence-corrected chi connectivity index (χ2v) is 6.16. The Morgan fingerprint density at radius 2 is 1.90 bits per heavy atom. The van der Waals surface area contributed by atoms with Gasteiger partial charge in [-0.25, -0.2) is 0 Å². The molecule has 0 heterocycles. The number of nitrogens with one attached hydrogen (secondary N) is 1. The van der Waals surface area contributed by atoms with E-state index in [-0.39, 0.29) is 17.7 Å². The molecule has 2 aliphatic rings. The van der Waals surface area contributed by atoms with Crippen LogP contribution in [0.1, 0.15) is 19.3 Å². The average molecular weight is 294 g/mol. The molecule has 0 saturated heterocycles. The fraction of sp³-hybridized carbons (Fsp3) is 0.467. The molecule has 4 atom stereocenters. The fourth-order valence-electron chi connectivity index (χ4n) is 3.82. The second-order valence-electron chi connectivity index (χ2n) is 5.72. The van der Waals surface area contributed by atoms with E-state index in [9.17, 15) is 14.7 Å². The molecular formula is C15H16ClNO3. The molecule has 2 aliphatic carbocycles. The number of carboxylic acid groups (broad SMARTS) is 1. The summed E-state index contributed by atoms with van der Waals surface area (Å²) in [6.45, 7) is 0. The first-order chi connectivity index (χ1) is 9.56. The van der Waals surface area contributed by atoms with Crippen LogP contribution in [0.25, 0.3) is 0 Å². The lowest BCUT2D eigenvalue weighted by Gasteiger charge is -2.27. The minimum atomic E-state index is -0.844. The predicted molar refractivity (Wildman–Crippen MR) is 75.5 cm³/mol. The Labute approximate surface area is 122 Å². The van der Waals surface area contributed by atoms with Crippen molar-refractivity contribution in [2.75, 3.05) is 5.32 Å². The zero-order valence-electron chi connectivity index (χ0n) is 10.9. The average Bonchev–Trinajstić information content (AvgIpc) is 2.98. The Hall–Kier alpha value is -1.55. The summed E-state index contributed by atoms with van der Waals surface area (Å²) in [5.41, 5.74) is 0.620. The van der Waals surface area contributed by atoms with E-state index >= 15 is 0 Å². The monoisotopic (exact) mass is 293 g/mol. The van der Waals surface area contributed by atoms with Crippen molar-refractivity contribution in [2.24, 2.45) is 23.7 Å². The first-order valence-electron chi connectivity index (χ1n) is 6.85. The molecule has 1 amide bonds. The number of hydrogen-bond acceptors (Lipinski definition) is 2. The standard InChI is InChI=1S/C15H16ClNO3/c16-10-2-1-3-11(7-10)17-14(18)12-8-4-5-9(6-8)13(12)15(19)20/h1-3,7-9,12-13H,4-6H2,(H,17,18)(H,19,20)/t8-,9+,12-,13+/m0/s1. The molecule has 0 radical (unpaired) electrons. The molecule has 4 nitrogen and oxygen atoms in total. The number of carbonyl (C=O) groups excluding carboxylic acids is 1. The summed E-state index contributed by atoms with van der Waals surface area (Å²) in [5, 5.41) is 12.7. The van der Waals surface area contributed by atoms with E-state index in [4.69, 9.17) is 11.6 Å². The first-order valence-corrected chi connectivity index (χ1v) is 7.23. The fourth-order valence-corrected chi connectivity index (χ4v) is 4.01. The number of aliphatic carboxylic acids is 1. The Bertz CT molecular complexity index is 560. The molecule has 0 aromatic heterocycles. The molecule has 0 unspecified atom stereocenters. The maximum absolute atomic E-state index is 12.4. The van der Waals surface area contributed by atoms with E-state index in [0.717, 1.165) is 19.3 Å². The SMILES string of the molecule is O=C(O)[C@@H]1[C@@H]2CC[C@@H](C2)[C@@H]1C(=O)Nc1cccc(Cl)c1. The van der Waals surface area contributed by atoms with Gasteiger partial charge in [0.05, 0.1) is 11.8 Å². The van der Waals surface area contributed by atoms with Crippen LogP contribution in [0.5, 0.6) is 0 Å². The largest absolute Gasteiger partial charge is 0.481 e.